The van der Waals surface area contributed by atoms with Crippen LogP contribution in [-0.2, 0) is 4.74 Å². The molecule has 0 heterocycles. The molecule has 29 heavy (non-hydrogen) atoms. The van der Waals surface area contributed by atoms with E-state index < -0.39 is 0 Å². The maximum atomic E-state index is 9.71. The Bertz CT molecular complexity index is 880. The predicted molar refractivity (Wildman–Crippen MR) is 109 cm³/mol. The Labute approximate surface area is 172 Å². The van der Waals surface area contributed by atoms with Gasteiger partial charge in [0.1, 0.15) is 36.1 Å². The molecule has 2 rings (SSSR count). The summed E-state index contributed by atoms with van der Waals surface area (Å²) in [5, 5.41) is 28.3. The number of para-hydroxylation sites is 1. The quantitative estimate of drug-likeness (QED) is 0.493. The van der Waals surface area contributed by atoms with Crippen molar-refractivity contribution in [3.8, 4) is 24.0 Å². The number of hydrogen-bond donors (Lipinski definition) is 0. The van der Waals surface area contributed by atoms with Gasteiger partial charge >= 0.3 is 0 Å². The summed E-state index contributed by atoms with van der Waals surface area (Å²) >= 11 is 0. The highest BCUT2D eigenvalue weighted by atomic mass is 16.5. The number of likely N-dealkylation sites (N-methyl/N-ethyl adjacent to an activating group) is 1. The molecule has 1 aromatic rings. The van der Waals surface area contributed by atoms with Crippen LogP contribution in [0.15, 0.2) is 52.7 Å². The van der Waals surface area contributed by atoms with Crippen molar-refractivity contribution in [2.24, 2.45) is 5.41 Å². The summed E-state index contributed by atoms with van der Waals surface area (Å²) < 4.78 is 11.3. The average Bonchev–Trinajstić information content (AvgIpc) is 2.71. The van der Waals surface area contributed by atoms with E-state index in [-0.39, 0.29) is 11.0 Å². The Morgan fingerprint density at radius 3 is 2.34 bits per heavy atom. The molecule has 0 aromatic heterocycles. The van der Waals surface area contributed by atoms with Gasteiger partial charge < -0.3 is 14.4 Å². The van der Waals surface area contributed by atoms with Gasteiger partial charge in [-0.1, -0.05) is 32.0 Å². The fourth-order valence-electron chi connectivity index (χ4n) is 3.35. The van der Waals surface area contributed by atoms with Crippen LogP contribution in [0.25, 0.3) is 0 Å². The maximum Gasteiger partial charge on any atom is 0.134 e. The maximum absolute atomic E-state index is 9.71. The molecule has 1 aliphatic rings. The van der Waals surface area contributed by atoms with E-state index in [1.54, 1.807) is 0 Å². The molecule has 150 valence electrons. The number of ether oxygens (including phenoxy) is 2. The molecule has 0 saturated heterocycles. The fourth-order valence-corrected chi connectivity index (χ4v) is 3.35. The standard InChI is InChI=1S/C23H26N4O2/c1-23(2)13-20(18(15-24)16-25)21(17-26)22(14-23)27(3)9-10-28-11-12-29-19-7-5-4-6-8-19/h4-8H,9-14H2,1-3H3. The van der Waals surface area contributed by atoms with Gasteiger partial charge in [-0.3, -0.25) is 0 Å². The Kier molecular flexibility index (Phi) is 7.84. The van der Waals surface area contributed by atoms with Gasteiger partial charge in [-0.05, 0) is 30.4 Å². The van der Waals surface area contributed by atoms with Crippen LogP contribution in [0.1, 0.15) is 26.7 Å². The summed E-state index contributed by atoms with van der Waals surface area (Å²) in [6.45, 7) is 6.19. The van der Waals surface area contributed by atoms with Crippen molar-refractivity contribution in [2.45, 2.75) is 26.7 Å². The van der Waals surface area contributed by atoms with Crippen LogP contribution in [-0.4, -0.2) is 38.3 Å². The molecule has 0 bridgehead atoms. The van der Waals surface area contributed by atoms with Crippen LogP contribution in [0.5, 0.6) is 5.75 Å². The molecule has 0 fully saturated rings. The Hall–Kier alpha value is -3.27. The molecular weight excluding hydrogens is 364 g/mol. The van der Waals surface area contributed by atoms with Gasteiger partial charge in [0.2, 0.25) is 0 Å². The highest BCUT2D eigenvalue weighted by Gasteiger charge is 2.34. The molecule has 0 N–H and O–H groups in total. The zero-order chi connectivity index (χ0) is 21.3. The van der Waals surface area contributed by atoms with Gasteiger partial charge in [0.25, 0.3) is 0 Å². The molecule has 0 aliphatic heterocycles. The van der Waals surface area contributed by atoms with Gasteiger partial charge in [0.05, 0.1) is 18.8 Å². The molecule has 0 unspecified atom stereocenters. The summed E-state index contributed by atoms with van der Waals surface area (Å²) in [5.74, 6) is 0.812. The number of nitrogens with zero attached hydrogens (tertiary/aromatic N) is 4. The van der Waals surface area contributed by atoms with Crippen LogP contribution in [0.2, 0.25) is 0 Å². The van der Waals surface area contributed by atoms with Crippen molar-refractivity contribution >= 4 is 0 Å². The summed E-state index contributed by atoms with van der Waals surface area (Å²) in [4.78, 5) is 1.99. The molecule has 0 spiro atoms. The van der Waals surface area contributed by atoms with Crippen LogP contribution in [0.3, 0.4) is 0 Å². The first kappa shape index (κ1) is 22.0. The lowest BCUT2D eigenvalue weighted by Gasteiger charge is -2.37. The third-order valence-corrected chi connectivity index (χ3v) is 4.80. The number of benzene rings is 1. The number of rotatable bonds is 8. The molecule has 0 atom stereocenters. The lowest BCUT2D eigenvalue weighted by molar-refractivity contribution is 0.0880. The molecule has 0 amide bonds. The normalized spacial score (nSPS) is 15.1. The van der Waals surface area contributed by atoms with Crippen LogP contribution >= 0.6 is 0 Å². The van der Waals surface area contributed by atoms with Gasteiger partial charge in [0, 0.05) is 24.9 Å². The van der Waals surface area contributed by atoms with E-state index in [0.29, 0.717) is 50.4 Å². The molecule has 1 aliphatic carbocycles. The Morgan fingerprint density at radius 2 is 1.72 bits per heavy atom. The third kappa shape index (κ3) is 6.11. The summed E-state index contributed by atoms with van der Waals surface area (Å²) in [6, 6.07) is 15.7. The molecule has 6 nitrogen and oxygen atoms in total. The van der Waals surface area contributed by atoms with Crippen molar-refractivity contribution in [3.05, 3.63) is 52.7 Å². The van der Waals surface area contributed by atoms with E-state index in [9.17, 15) is 15.8 Å². The highest BCUT2D eigenvalue weighted by Crippen LogP contribution is 2.43. The Balaban J connectivity index is 1.98. The van der Waals surface area contributed by atoms with E-state index in [4.69, 9.17) is 9.47 Å². The van der Waals surface area contributed by atoms with E-state index in [2.05, 4.69) is 19.9 Å². The minimum absolute atomic E-state index is 0.0227. The predicted octanol–water partition coefficient (Wildman–Crippen LogP) is 3.96. The van der Waals surface area contributed by atoms with E-state index in [1.165, 1.54) is 0 Å². The number of nitriles is 3. The highest BCUT2D eigenvalue weighted by molar-refractivity contribution is 5.57. The second-order valence-electron chi connectivity index (χ2n) is 7.72. The van der Waals surface area contributed by atoms with Crippen molar-refractivity contribution in [1.82, 2.24) is 4.90 Å². The monoisotopic (exact) mass is 390 g/mol. The van der Waals surface area contributed by atoms with Gasteiger partial charge in [-0.25, -0.2) is 0 Å². The van der Waals surface area contributed by atoms with Gasteiger partial charge in [0.15, 0.2) is 0 Å². The molecule has 0 radical (unpaired) electrons. The van der Waals surface area contributed by atoms with Crippen molar-refractivity contribution in [1.29, 1.82) is 15.8 Å². The molecular formula is C23H26N4O2. The molecule has 1 aromatic carbocycles. The SMILES string of the molecule is CN(CCOCCOc1ccccc1)C1=C(C#N)C(=C(C#N)C#N)CC(C)(C)C1. The molecule has 0 saturated carbocycles. The minimum atomic E-state index is -0.136. The lowest BCUT2D eigenvalue weighted by atomic mass is 9.72. The largest absolute Gasteiger partial charge is 0.491 e. The zero-order valence-corrected chi connectivity index (χ0v) is 17.2. The van der Waals surface area contributed by atoms with Crippen LogP contribution in [0.4, 0.5) is 0 Å². The van der Waals surface area contributed by atoms with E-state index in [1.807, 2.05) is 54.4 Å². The van der Waals surface area contributed by atoms with Gasteiger partial charge in [-0.15, -0.1) is 0 Å². The summed E-state index contributed by atoms with van der Waals surface area (Å²) in [6.07, 6.45) is 1.24. The second kappa shape index (κ2) is 10.3. The summed E-state index contributed by atoms with van der Waals surface area (Å²) in [7, 11) is 1.91. The molecule has 6 heteroatoms. The van der Waals surface area contributed by atoms with Gasteiger partial charge in [-0.2, -0.15) is 15.8 Å². The number of allylic oxidation sites excluding steroid dienone is 4. The average molecular weight is 390 g/mol. The summed E-state index contributed by atoms with van der Waals surface area (Å²) in [5.41, 5.74) is 1.73. The zero-order valence-electron chi connectivity index (χ0n) is 17.2. The minimum Gasteiger partial charge on any atom is -0.491 e. The van der Waals surface area contributed by atoms with Crippen LogP contribution < -0.4 is 4.74 Å². The van der Waals surface area contributed by atoms with Crippen molar-refractivity contribution in [2.75, 3.05) is 33.4 Å². The fraction of sp³-hybridized carbons (Fsp3) is 0.435. The third-order valence-electron chi connectivity index (χ3n) is 4.80. The first-order valence-electron chi connectivity index (χ1n) is 9.55. The first-order chi connectivity index (χ1) is 13.9. The van der Waals surface area contributed by atoms with Crippen molar-refractivity contribution < 1.29 is 9.47 Å². The smallest absolute Gasteiger partial charge is 0.134 e. The topological polar surface area (TPSA) is 93.1 Å². The van der Waals surface area contributed by atoms with E-state index >= 15 is 0 Å². The van der Waals surface area contributed by atoms with E-state index in [0.717, 1.165) is 11.4 Å². The second-order valence-corrected chi connectivity index (χ2v) is 7.72. The number of hydrogen-bond acceptors (Lipinski definition) is 6. The van der Waals surface area contributed by atoms with Crippen molar-refractivity contribution in [3.63, 3.8) is 0 Å². The first-order valence-corrected chi connectivity index (χ1v) is 9.55. The van der Waals surface area contributed by atoms with Crippen LogP contribution in [0, 0.1) is 39.4 Å². The lowest BCUT2D eigenvalue weighted by Crippen LogP contribution is -2.31. The Morgan fingerprint density at radius 1 is 1.03 bits per heavy atom.